The quantitative estimate of drug-likeness (QED) is 0.668. The van der Waals surface area contributed by atoms with E-state index in [-0.39, 0.29) is 21.6 Å². The van der Waals surface area contributed by atoms with Crippen molar-refractivity contribution in [3.05, 3.63) is 46.1 Å². The third-order valence-electron chi connectivity index (χ3n) is 2.54. The summed E-state index contributed by atoms with van der Waals surface area (Å²) >= 11 is 11.6. The van der Waals surface area contributed by atoms with Crippen molar-refractivity contribution in [3.8, 4) is 0 Å². The lowest BCUT2D eigenvalue weighted by Gasteiger charge is -2.11. The van der Waals surface area contributed by atoms with Crippen molar-refractivity contribution in [2.75, 3.05) is 10.5 Å². The number of benzene rings is 1. The maximum Gasteiger partial charge on any atom is 0.263 e. The fourth-order valence-corrected chi connectivity index (χ4v) is 3.26. The minimum Gasteiger partial charge on any atom is -0.397 e. The number of nitrogen functional groups attached to an aromatic ring is 1. The van der Waals surface area contributed by atoms with Crippen LogP contribution < -0.4 is 10.5 Å². The van der Waals surface area contributed by atoms with Crippen LogP contribution in [0, 0.1) is 6.92 Å². The maximum atomic E-state index is 12.3. The number of halogens is 2. The monoisotopic (exact) mass is 331 g/mol. The molecule has 2 rings (SSSR count). The van der Waals surface area contributed by atoms with E-state index in [2.05, 4.69) is 9.71 Å². The second kappa shape index (κ2) is 5.47. The van der Waals surface area contributed by atoms with Gasteiger partial charge in [-0.05, 0) is 36.8 Å². The summed E-state index contributed by atoms with van der Waals surface area (Å²) in [7, 11) is -3.81. The molecule has 0 aliphatic rings. The highest BCUT2D eigenvalue weighted by molar-refractivity contribution is 7.92. The van der Waals surface area contributed by atoms with Gasteiger partial charge in [0.05, 0.1) is 15.6 Å². The molecule has 3 N–H and O–H groups in total. The van der Waals surface area contributed by atoms with Crippen LogP contribution in [0.25, 0.3) is 0 Å². The van der Waals surface area contributed by atoms with Gasteiger partial charge in [-0.2, -0.15) is 0 Å². The number of nitrogens with two attached hydrogens (primary N) is 1. The van der Waals surface area contributed by atoms with Crippen molar-refractivity contribution >= 4 is 44.7 Å². The molecular formula is C12H11Cl2N3O2S. The Morgan fingerprint density at radius 2 is 1.95 bits per heavy atom. The van der Waals surface area contributed by atoms with E-state index < -0.39 is 10.0 Å². The van der Waals surface area contributed by atoms with Crippen molar-refractivity contribution in [2.45, 2.75) is 11.8 Å². The van der Waals surface area contributed by atoms with Gasteiger partial charge in [0.1, 0.15) is 11.0 Å². The highest BCUT2D eigenvalue weighted by atomic mass is 35.5. The maximum absolute atomic E-state index is 12.3. The Balaban J connectivity index is 2.43. The summed E-state index contributed by atoms with van der Waals surface area (Å²) in [4.78, 5) is 3.91. The van der Waals surface area contributed by atoms with Crippen LogP contribution >= 0.6 is 23.2 Å². The number of anilines is 2. The van der Waals surface area contributed by atoms with Crippen LogP contribution in [0.3, 0.4) is 0 Å². The highest BCUT2D eigenvalue weighted by Crippen LogP contribution is 2.27. The number of pyridine rings is 1. The lowest BCUT2D eigenvalue weighted by atomic mass is 10.2. The average molecular weight is 332 g/mol. The van der Waals surface area contributed by atoms with Crippen LogP contribution in [0.2, 0.25) is 10.2 Å². The van der Waals surface area contributed by atoms with Crippen LogP contribution in [0.15, 0.2) is 35.2 Å². The van der Waals surface area contributed by atoms with E-state index in [1.807, 2.05) is 0 Å². The van der Waals surface area contributed by atoms with Gasteiger partial charge in [-0.25, -0.2) is 13.4 Å². The summed E-state index contributed by atoms with van der Waals surface area (Å²) in [5.74, 6) is 0.130. The van der Waals surface area contributed by atoms with E-state index in [9.17, 15) is 8.42 Å². The summed E-state index contributed by atoms with van der Waals surface area (Å²) in [6.45, 7) is 1.63. The predicted molar refractivity (Wildman–Crippen MR) is 80.7 cm³/mol. The molecule has 0 aliphatic heterocycles. The number of aryl methyl sites for hydroxylation is 1. The fraction of sp³-hybridized carbons (Fsp3) is 0.0833. The molecule has 0 fully saturated rings. The number of rotatable bonds is 3. The molecule has 2 aromatic rings. The predicted octanol–water partition coefficient (Wildman–Crippen LogP) is 3.08. The Bertz CT molecular complexity index is 763. The first kappa shape index (κ1) is 14.9. The van der Waals surface area contributed by atoms with E-state index >= 15 is 0 Å². The first-order valence-electron chi connectivity index (χ1n) is 5.50. The highest BCUT2D eigenvalue weighted by Gasteiger charge is 2.19. The second-order valence-corrected chi connectivity index (χ2v) is 6.54. The van der Waals surface area contributed by atoms with Gasteiger partial charge in [-0.1, -0.05) is 29.3 Å². The Morgan fingerprint density at radius 1 is 1.25 bits per heavy atom. The molecule has 0 atom stereocenters. The molecule has 0 unspecified atom stereocenters. The molecule has 1 aromatic carbocycles. The molecular weight excluding hydrogens is 321 g/mol. The van der Waals surface area contributed by atoms with Gasteiger partial charge in [0.15, 0.2) is 0 Å². The first-order valence-corrected chi connectivity index (χ1v) is 7.74. The van der Waals surface area contributed by atoms with Crippen molar-refractivity contribution in [1.29, 1.82) is 0 Å². The van der Waals surface area contributed by atoms with Crippen LogP contribution in [0.1, 0.15) is 5.56 Å². The van der Waals surface area contributed by atoms with E-state index in [1.165, 1.54) is 18.2 Å². The molecule has 1 aromatic heterocycles. The Labute approximate surface area is 126 Å². The van der Waals surface area contributed by atoms with E-state index in [1.54, 1.807) is 19.1 Å². The van der Waals surface area contributed by atoms with Gasteiger partial charge in [0, 0.05) is 0 Å². The molecule has 20 heavy (non-hydrogen) atoms. The number of aromatic nitrogens is 1. The summed E-state index contributed by atoms with van der Waals surface area (Å²) in [5.41, 5.74) is 6.32. The Kier molecular flexibility index (Phi) is 4.08. The average Bonchev–Trinajstić information content (AvgIpc) is 2.33. The van der Waals surface area contributed by atoms with E-state index in [0.29, 0.717) is 10.6 Å². The van der Waals surface area contributed by atoms with Gasteiger partial charge >= 0.3 is 0 Å². The van der Waals surface area contributed by atoms with Crippen LogP contribution in [-0.2, 0) is 10.0 Å². The summed E-state index contributed by atoms with van der Waals surface area (Å²) < 4.78 is 26.9. The molecule has 0 bridgehead atoms. The van der Waals surface area contributed by atoms with E-state index in [0.717, 1.165) is 0 Å². The normalized spacial score (nSPS) is 11.3. The number of sulfonamides is 1. The number of nitrogens with zero attached hydrogens (tertiary/aromatic N) is 1. The van der Waals surface area contributed by atoms with Gasteiger partial charge in [-0.15, -0.1) is 0 Å². The molecule has 0 radical (unpaired) electrons. The largest absolute Gasteiger partial charge is 0.397 e. The van der Waals surface area contributed by atoms with E-state index in [4.69, 9.17) is 28.9 Å². The molecule has 1 heterocycles. The van der Waals surface area contributed by atoms with Crippen molar-refractivity contribution in [3.63, 3.8) is 0 Å². The summed E-state index contributed by atoms with van der Waals surface area (Å²) in [5, 5.41) is 0.500. The zero-order valence-corrected chi connectivity index (χ0v) is 12.7. The van der Waals surface area contributed by atoms with Crippen LogP contribution in [0.5, 0.6) is 0 Å². The van der Waals surface area contributed by atoms with Crippen LogP contribution in [-0.4, -0.2) is 13.4 Å². The molecule has 106 valence electrons. The molecule has 0 saturated heterocycles. The van der Waals surface area contributed by atoms with Crippen molar-refractivity contribution < 1.29 is 8.42 Å². The summed E-state index contributed by atoms with van der Waals surface area (Å²) in [6, 6.07) is 7.45. The number of hydrogen-bond acceptors (Lipinski definition) is 4. The summed E-state index contributed by atoms with van der Waals surface area (Å²) in [6.07, 6.45) is 0. The number of hydrogen-bond donors (Lipinski definition) is 2. The Morgan fingerprint density at radius 3 is 2.60 bits per heavy atom. The molecule has 0 spiro atoms. The topological polar surface area (TPSA) is 85.1 Å². The minimum atomic E-state index is -3.81. The van der Waals surface area contributed by atoms with Gasteiger partial charge in [0.25, 0.3) is 10.0 Å². The lowest BCUT2D eigenvalue weighted by Crippen LogP contribution is -2.15. The zero-order chi connectivity index (χ0) is 14.9. The zero-order valence-electron chi connectivity index (χ0n) is 10.4. The minimum absolute atomic E-state index is 0.0428. The molecule has 5 nitrogen and oxygen atoms in total. The first-order chi connectivity index (χ1) is 9.29. The standard InChI is InChI=1S/C12H11Cl2N3O2S/c1-7-5-8(13)9(15)6-10(7)20(18,19)17-12-4-2-3-11(14)16-12/h2-6H,15H2,1H3,(H,16,17). The second-order valence-electron chi connectivity index (χ2n) is 4.09. The lowest BCUT2D eigenvalue weighted by molar-refractivity contribution is 0.600. The smallest absolute Gasteiger partial charge is 0.263 e. The third-order valence-corrected chi connectivity index (χ3v) is 4.57. The fourth-order valence-electron chi connectivity index (χ4n) is 1.62. The van der Waals surface area contributed by atoms with Crippen molar-refractivity contribution in [2.24, 2.45) is 0 Å². The molecule has 0 amide bonds. The molecule has 0 saturated carbocycles. The van der Waals surface area contributed by atoms with Gasteiger partial charge in [0.2, 0.25) is 0 Å². The van der Waals surface area contributed by atoms with Crippen molar-refractivity contribution in [1.82, 2.24) is 4.98 Å². The molecule has 8 heteroatoms. The SMILES string of the molecule is Cc1cc(Cl)c(N)cc1S(=O)(=O)Nc1cccc(Cl)n1. The van der Waals surface area contributed by atoms with Gasteiger partial charge < -0.3 is 5.73 Å². The Hall–Kier alpha value is -1.50. The third kappa shape index (κ3) is 3.15. The van der Waals surface area contributed by atoms with Crippen LogP contribution in [0.4, 0.5) is 11.5 Å². The number of nitrogens with one attached hydrogen (secondary N) is 1. The molecule has 0 aliphatic carbocycles. The van der Waals surface area contributed by atoms with Gasteiger partial charge in [-0.3, -0.25) is 4.72 Å².